The number of anilines is 1. The quantitative estimate of drug-likeness (QED) is 0.509. The van der Waals surface area contributed by atoms with Gasteiger partial charge < -0.3 is 4.42 Å². The first-order valence-electron chi connectivity index (χ1n) is 7.61. The molecule has 2 heterocycles. The number of nitrogens with one attached hydrogen (secondary N) is 2. The zero-order valence-electron chi connectivity index (χ0n) is 13.8. The molecule has 0 aliphatic rings. The molecule has 0 saturated carbocycles. The third kappa shape index (κ3) is 3.75. The van der Waals surface area contributed by atoms with Crippen LogP contribution in [0.1, 0.15) is 5.56 Å². The third-order valence-corrected chi connectivity index (χ3v) is 6.67. The number of aryl methyl sites for hydroxylation is 1. The molecular formula is C16H12N4O4S3. The molecule has 0 radical (unpaired) electrons. The van der Waals surface area contributed by atoms with Gasteiger partial charge in [0.15, 0.2) is 10.7 Å². The van der Waals surface area contributed by atoms with Crippen LogP contribution in [-0.4, -0.2) is 23.6 Å². The Morgan fingerprint density at radius 1 is 1.22 bits per heavy atom. The summed E-state index contributed by atoms with van der Waals surface area (Å²) in [5, 5.41) is 6.97. The number of hydrogen-bond acceptors (Lipinski definition) is 8. The van der Waals surface area contributed by atoms with Crippen LogP contribution in [-0.2, 0) is 10.0 Å². The van der Waals surface area contributed by atoms with Crippen LogP contribution in [0.4, 0.5) is 5.69 Å². The van der Waals surface area contributed by atoms with Crippen LogP contribution in [0.5, 0.6) is 0 Å². The van der Waals surface area contributed by atoms with E-state index in [-0.39, 0.29) is 4.90 Å². The van der Waals surface area contributed by atoms with Crippen molar-refractivity contribution in [1.82, 2.24) is 15.2 Å². The Morgan fingerprint density at radius 2 is 2.00 bits per heavy atom. The highest BCUT2D eigenvalue weighted by Crippen LogP contribution is 2.36. The maximum Gasteiger partial charge on any atom is 0.396 e. The van der Waals surface area contributed by atoms with E-state index in [4.69, 9.17) is 4.42 Å². The summed E-state index contributed by atoms with van der Waals surface area (Å²) >= 11 is 2.09. The number of nitrogens with zero attached hydrogens (tertiary/aromatic N) is 2. The van der Waals surface area contributed by atoms with E-state index in [1.165, 1.54) is 30.2 Å². The zero-order valence-corrected chi connectivity index (χ0v) is 16.2. The van der Waals surface area contributed by atoms with Crippen molar-refractivity contribution in [2.75, 3.05) is 4.72 Å². The molecule has 0 aliphatic carbocycles. The molecule has 0 unspecified atom stereocenters. The average molecular weight is 420 g/mol. The molecule has 138 valence electrons. The highest BCUT2D eigenvalue weighted by molar-refractivity contribution is 7.99. The maximum absolute atomic E-state index is 12.7. The van der Waals surface area contributed by atoms with Crippen molar-refractivity contribution in [1.29, 1.82) is 0 Å². The Balaban J connectivity index is 1.75. The smallest absolute Gasteiger partial charge is 0.396 e. The topological polar surface area (TPSA) is 118 Å². The number of H-pyrrole nitrogens is 1. The van der Waals surface area contributed by atoms with Gasteiger partial charge in [-0.3, -0.25) is 9.82 Å². The highest BCUT2D eigenvalue weighted by atomic mass is 32.2. The minimum atomic E-state index is -3.77. The molecular weight excluding hydrogens is 408 g/mol. The van der Waals surface area contributed by atoms with Gasteiger partial charge >= 0.3 is 4.94 Å². The fraction of sp³-hybridized carbons (Fsp3) is 0.0625. The van der Waals surface area contributed by atoms with Crippen LogP contribution < -0.4 is 9.66 Å². The number of benzene rings is 2. The van der Waals surface area contributed by atoms with Crippen molar-refractivity contribution in [3.8, 4) is 0 Å². The number of rotatable bonds is 5. The molecule has 27 heavy (non-hydrogen) atoms. The summed E-state index contributed by atoms with van der Waals surface area (Å²) in [7, 11) is -3.77. The molecule has 0 saturated heterocycles. The van der Waals surface area contributed by atoms with E-state index in [0.29, 0.717) is 26.0 Å². The van der Waals surface area contributed by atoms with Gasteiger partial charge in [-0.25, -0.2) is 18.2 Å². The molecule has 2 aromatic carbocycles. The number of hydrogen-bond donors (Lipinski definition) is 2. The lowest BCUT2D eigenvalue weighted by Crippen LogP contribution is -2.12. The Bertz CT molecular complexity index is 1260. The van der Waals surface area contributed by atoms with Gasteiger partial charge in [-0.05, 0) is 43.0 Å². The second kappa shape index (κ2) is 6.83. The van der Waals surface area contributed by atoms with E-state index < -0.39 is 15.0 Å². The number of sulfonamides is 1. The largest absolute Gasteiger partial charge is 0.413 e. The van der Waals surface area contributed by atoms with Gasteiger partial charge in [-0.1, -0.05) is 29.0 Å². The van der Waals surface area contributed by atoms with Crippen molar-refractivity contribution in [2.45, 2.75) is 21.9 Å². The van der Waals surface area contributed by atoms with Crippen LogP contribution >= 0.6 is 23.1 Å². The summed E-state index contributed by atoms with van der Waals surface area (Å²) in [6, 6.07) is 9.70. The lowest BCUT2D eigenvalue weighted by molar-refractivity contribution is 0.578. The van der Waals surface area contributed by atoms with Crippen molar-refractivity contribution >= 4 is 49.1 Å². The molecule has 0 aliphatic heterocycles. The Kier molecular flexibility index (Phi) is 4.50. The second-order valence-corrected chi connectivity index (χ2v) is 9.26. The van der Waals surface area contributed by atoms with Gasteiger partial charge in [0, 0.05) is 0 Å². The zero-order chi connectivity index (χ0) is 19.0. The minimum Gasteiger partial charge on any atom is -0.413 e. The van der Waals surface area contributed by atoms with Crippen LogP contribution in [0.25, 0.3) is 10.3 Å². The first kappa shape index (κ1) is 17.8. The monoisotopic (exact) mass is 420 g/mol. The first-order chi connectivity index (χ1) is 12.9. The lowest BCUT2D eigenvalue weighted by Gasteiger charge is -2.10. The predicted molar refractivity (Wildman–Crippen MR) is 103 cm³/mol. The van der Waals surface area contributed by atoms with E-state index in [1.54, 1.807) is 24.3 Å². The first-order valence-corrected chi connectivity index (χ1v) is 10.7. The molecule has 0 fully saturated rings. The van der Waals surface area contributed by atoms with Crippen LogP contribution in [0.2, 0.25) is 0 Å². The molecule has 0 amide bonds. The maximum atomic E-state index is 12.7. The molecule has 0 bridgehead atoms. The van der Waals surface area contributed by atoms with Gasteiger partial charge in [-0.15, -0.1) is 0 Å². The normalized spacial score (nSPS) is 11.7. The molecule has 11 heteroatoms. The van der Waals surface area contributed by atoms with Gasteiger partial charge in [-0.2, -0.15) is 5.10 Å². The Morgan fingerprint density at radius 3 is 2.70 bits per heavy atom. The molecule has 2 N–H and O–H groups in total. The minimum absolute atomic E-state index is 0.151. The fourth-order valence-corrected chi connectivity index (χ4v) is 5.04. The van der Waals surface area contributed by atoms with Crippen molar-refractivity contribution in [3.63, 3.8) is 0 Å². The lowest BCUT2D eigenvalue weighted by atomic mass is 10.2. The summed E-state index contributed by atoms with van der Waals surface area (Å²) in [5.41, 5.74) is 1.66. The van der Waals surface area contributed by atoms with Crippen molar-refractivity contribution in [3.05, 3.63) is 58.0 Å². The summed E-state index contributed by atoms with van der Waals surface area (Å²) in [5.74, 6) is 0. The van der Waals surface area contributed by atoms with Gasteiger partial charge in [0.2, 0.25) is 0 Å². The molecule has 0 spiro atoms. The predicted octanol–water partition coefficient (Wildman–Crippen LogP) is 3.23. The number of fused-ring (bicyclic) bond motifs is 1. The SMILES string of the molecule is Cc1ccc(S(=O)(=O)Nc2cc(Sc3ncn[nH]3)c3oc(=O)sc3c2)cc1. The van der Waals surface area contributed by atoms with E-state index in [9.17, 15) is 13.2 Å². The van der Waals surface area contributed by atoms with Gasteiger partial charge in [0.1, 0.15) is 6.33 Å². The number of aromatic nitrogens is 3. The Labute approximate surface area is 161 Å². The van der Waals surface area contributed by atoms with Crippen LogP contribution in [0, 0.1) is 6.92 Å². The summed E-state index contributed by atoms with van der Waals surface area (Å²) in [6.45, 7) is 1.88. The fourth-order valence-electron chi connectivity index (χ4n) is 2.36. The average Bonchev–Trinajstić information content (AvgIpc) is 3.24. The van der Waals surface area contributed by atoms with Crippen LogP contribution in [0.3, 0.4) is 0 Å². The number of aromatic amines is 1. The summed E-state index contributed by atoms with van der Waals surface area (Å²) < 4.78 is 33.6. The molecule has 8 nitrogen and oxygen atoms in total. The molecule has 4 aromatic rings. The van der Waals surface area contributed by atoms with Crippen molar-refractivity contribution < 1.29 is 12.8 Å². The van der Waals surface area contributed by atoms with Crippen molar-refractivity contribution in [2.24, 2.45) is 0 Å². The standard InChI is InChI=1S/C16H12N4O4S3/c1-9-2-4-11(5-3-9)27(22,23)20-10-6-12(25-15-17-8-18-19-15)14-13(7-10)26-16(21)24-14/h2-8,20H,1H3,(H,17,18,19). The van der Waals surface area contributed by atoms with Gasteiger partial charge in [0.05, 0.1) is 20.2 Å². The van der Waals surface area contributed by atoms with Gasteiger partial charge in [0.25, 0.3) is 10.0 Å². The van der Waals surface area contributed by atoms with E-state index >= 15 is 0 Å². The molecule has 0 atom stereocenters. The van der Waals surface area contributed by atoms with E-state index in [2.05, 4.69) is 19.9 Å². The third-order valence-electron chi connectivity index (χ3n) is 3.58. The highest BCUT2D eigenvalue weighted by Gasteiger charge is 2.18. The molecule has 2 aromatic heterocycles. The Hall–Kier alpha value is -2.63. The van der Waals surface area contributed by atoms with Crippen LogP contribution in [0.15, 0.2) is 66.9 Å². The second-order valence-electron chi connectivity index (χ2n) is 5.57. The van der Waals surface area contributed by atoms with E-state index in [0.717, 1.165) is 16.9 Å². The molecule has 4 rings (SSSR count). The summed E-state index contributed by atoms with van der Waals surface area (Å²) in [6.07, 6.45) is 1.35. The summed E-state index contributed by atoms with van der Waals surface area (Å²) in [4.78, 5) is 15.9. The van der Waals surface area contributed by atoms with E-state index in [1.807, 2.05) is 6.92 Å².